The predicted molar refractivity (Wildman–Crippen MR) is 46.2 cm³/mol. The molecule has 0 spiro atoms. The van der Waals surface area contributed by atoms with E-state index in [4.69, 9.17) is 10.00 Å². The van der Waals surface area contributed by atoms with Crippen LogP contribution in [0, 0.1) is 18.3 Å². The number of carbonyl (C=O) groups is 1. The van der Waals surface area contributed by atoms with E-state index in [0.29, 0.717) is 6.61 Å². The topological polar surface area (TPSA) is 59.3 Å². The van der Waals surface area contributed by atoms with Crippen molar-refractivity contribution in [2.45, 2.75) is 19.6 Å². The molecule has 1 atom stereocenters. The van der Waals surface area contributed by atoms with Crippen molar-refractivity contribution in [2.24, 2.45) is 0 Å². The summed E-state index contributed by atoms with van der Waals surface area (Å²) < 4.78 is 9.56. The SMILES string of the molecule is [CH2]C(OCCC)OC(=O)C(=C)C#N. The molecule has 1 radical (unpaired) electrons. The van der Waals surface area contributed by atoms with Gasteiger partial charge in [-0.25, -0.2) is 4.79 Å². The van der Waals surface area contributed by atoms with E-state index in [1.807, 2.05) is 6.92 Å². The third-order valence-electron chi connectivity index (χ3n) is 1.13. The quantitative estimate of drug-likeness (QED) is 0.277. The molecule has 13 heavy (non-hydrogen) atoms. The molecule has 1 unspecified atom stereocenters. The molecule has 0 N–H and O–H groups in total. The van der Waals surface area contributed by atoms with Gasteiger partial charge in [-0.2, -0.15) is 5.26 Å². The Morgan fingerprint density at radius 3 is 2.77 bits per heavy atom. The third kappa shape index (κ3) is 4.99. The van der Waals surface area contributed by atoms with Crippen molar-refractivity contribution in [3.63, 3.8) is 0 Å². The number of esters is 1. The highest BCUT2D eigenvalue weighted by Gasteiger charge is 2.12. The van der Waals surface area contributed by atoms with E-state index < -0.39 is 12.3 Å². The van der Waals surface area contributed by atoms with Gasteiger partial charge in [0, 0.05) is 6.92 Å². The van der Waals surface area contributed by atoms with Gasteiger partial charge in [0.2, 0.25) is 6.29 Å². The van der Waals surface area contributed by atoms with Crippen LogP contribution in [0.4, 0.5) is 0 Å². The Balaban J connectivity index is 3.79. The first-order chi connectivity index (χ1) is 6.11. The van der Waals surface area contributed by atoms with Crippen LogP contribution in [0.2, 0.25) is 0 Å². The Morgan fingerprint density at radius 1 is 1.69 bits per heavy atom. The fourth-order valence-corrected chi connectivity index (χ4v) is 0.519. The first-order valence-electron chi connectivity index (χ1n) is 3.86. The summed E-state index contributed by atoms with van der Waals surface area (Å²) in [7, 11) is 0. The van der Waals surface area contributed by atoms with Crippen LogP contribution in [0.25, 0.3) is 0 Å². The maximum Gasteiger partial charge on any atom is 0.350 e. The molecule has 0 aliphatic heterocycles. The summed E-state index contributed by atoms with van der Waals surface area (Å²) in [6, 6.07) is 1.57. The fraction of sp³-hybridized carbons (Fsp3) is 0.444. The van der Waals surface area contributed by atoms with Gasteiger partial charge in [-0.15, -0.1) is 0 Å². The Hall–Kier alpha value is -1.34. The second-order valence-corrected chi connectivity index (χ2v) is 2.30. The summed E-state index contributed by atoms with van der Waals surface area (Å²) in [4.78, 5) is 10.9. The van der Waals surface area contributed by atoms with E-state index in [2.05, 4.69) is 18.2 Å². The van der Waals surface area contributed by atoms with Crippen LogP contribution in [0.3, 0.4) is 0 Å². The summed E-state index contributed by atoms with van der Waals surface area (Å²) >= 11 is 0. The van der Waals surface area contributed by atoms with Crippen molar-refractivity contribution < 1.29 is 14.3 Å². The number of carbonyl (C=O) groups excluding carboxylic acids is 1. The van der Waals surface area contributed by atoms with Crippen molar-refractivity contribution >= 4 is 5.97 Å². The monoisotopic (exact) mass is 182 g/mol. The lowest BCUT2D eigenvalue weighted by Gasteiger charge is -2.12. The molecule has 0 fully saturated rings. The Labute approximate surface area is 77.8 Å². The normalized spacial score (nSPS) is 11.5. The van der Waals surface area contributed by atoms with Gasteiger partial charge in [0.25, 0.3) is 0 Å². The van der Waals surface area contributed by atoms with Crippen LogP contribution in [0.1, 0.15) is 13.3 Å². The molecule has 0 heterocycles. The van der Waals surface area contributed by atoms with E-state index in [0.717, 1.165) is 6.42 Å². The van der Waals surface area contributed by atoms with Gasteiger partial charge in [-0.1, -0.05) is 13.5 Å². The molecule has 0 aromatic carbocycles. The highest BCUT2D eigenvalue weighted by molar-refractivity contribution is 5.91. The minimum Gasteiger partial charge on any atom is -0.432 e. The smallest absolute Gasteiger partial charge is 0.350 e. The zero-order valence-corrected chi connectivity index (χ0v) is 7.58. The number of hydrogen-bond acceptors (Lipinski definition) is 4. The number of nitrogens with zero attached hydrogens (tertiary/aromatic N) is 1. The summed E-state index contributed by atoms with van der Waals surface area (Å²) in [6.45, 7) is 8.98. The van der Waals surface area contributed by atoms with Crippen LogP contribution in [-0.2, 0) is 14.3 Å². The molecule has 4 nitrogen and oxygen atoms in total. The van der Waals surface area contributed by atoms with Gasteiger partial charge in [0.1, 0.15) is 11.6 Å². The lowest BCUT2D eigenvalue weighted by molar-refractivity contribution is -0.164. The van der Waals surface area contributed by atoms with Gasteiger partial charge in [-0.3, -0.25) is 0 Å². The molecule has 0 rings (SSSR count). The molecule has 0 aromatic rings. The highest BCUT2D eigenvalue weighted by Crippen LogP contribution is 1.99. The van der Waals surface area contributed by atoms with E-state index in [-0.39, 0.29) is 5.57 Å². The molecule has 0 saturated carbocycles. The van der Waals surface area contributed by atoms with E-state index in [9.17, 15) is 4.79 Å². The molecule has 0 aliphatic carbocycles. The fourth-order valence-electron chi connectivity index (χ4n) is 0.519. The largest absolute Gasteiger partial charge is 0.432 e. The van der Waals surface area contributed by atoms with Gasteiger partial charge in [0.05, 0.1) is 6.61 Å². The van der Waals surface area contributed by atoms with Crippen molar-refractivity contribution in [3.05, 3.63) is 19.1 Å². The molecule has 4 heteroatoms. The van der Waals surface area contributed by atoms with Gasteiger partial charge >= 0.3 is 5.97 Å². The highest BCUT2D eigenvalue weighted by atomic mass is 16.7. The summed E-state index contributed by atoms with van der Waals surface area (Å²) in [6.07, 6.45) is -0.0690. The number of nitriles is 1. The first kappa shape index (κ1) is 11.7. The molecular weight excluding hydrogens is 170 g/mol. The zero-order chi connectivity index (χ0) is 10.3. The second-order valence-electron chi connectivity index (χ2n) is 2.30. The first-order valence-corrected chi connectivity index (χ1v) is 3.86. The maximum absolute atomic E-state index is 10.9. The standard InChI is InChI=1S/C9H12NO3/c1-4-5-12-8(3)13-9(11)7(2)6-10/h8H,2-5H2,1H3. The second kappa shape index (κ2) is 6.21. The number of ether oxygens (including phenoxy) is 2. The third-order valence-corrected chi connectivity index (χ3v) is 1.13. The number of hydrogen-bond donors (Lipinski definition) is 0. The Bertz CT molecular complexity index is 230. The van der Waals surface area contributed by atoms with Crippen molar-refractivity contribution in [1.29, 1.82) is 5.26 Å². The van der Waals surface area contributed by atoms with Crippen LogP contribution >= 0.6 is 0 Å². The number of rotatable bonds is 5. The maximum atomic E-state index is 10.9. The molecule has 0 saturated heterocycles. The van der Waals surface area contributed by atoms with Crippen molar-refractivity contribution in [2.75, 3.05) is 6.61 Å². The van der Waals surface area contributed by atoms with E-state index in [1.165, 1.54) is 0 Å². The molecule has 0 bridgehead atoms. The van der Waals surface area contributed by atoms with Crippen molar-refractivity contribution in [1.82, 2.24) is 0 Å². The van der Waals surface area contributed by atoms with Gasteiger partial charge in [-0.05, 0) is 6.42 Å². The zero-order valence-electron chi connectivity index (χ0n) is 7.58. The molecule has 0 aromatic heterocycles. The lowest BCUT2D eigenvalue weighted by Crippen LogP contribution is -2.19. The van der Waals surface area contributed by atoms with E-state index in [1.54, 1.807) is 6.07 Å². The average molecular weight is 182 g/mol. The molecule has 71 valence electrons. The molecular formula is C9H12NO3. The average Bonchev–Trinajstić information content (AvgIpc) is 2.13. The minimum atomic E-state index is -0.877. The predicted octanol–water partition coefficient (Wildman–Crippen LogP) is 1.20. The summed E-state index contributed by atoms with van der Waals surface area (Å²) in [5.74, 6) is -0.793. The van der Waals surface area contributed by atoms with Crippen LogP contribution < -0.4 is 0 Å². The lowest BCUT2D eigenvalue weighted by atomic mass is 10.3. The van der Waals surface area contributed by atoms with Crippen molar-refractivity contribution in [3.8, 4) is 6.07 Å². The summed E-state index contributed by atoms with van der Waals surface area (Å²) in [5.41, 5.74) is -0.256. The Morgan fingerprint density at radius 2 is 2.31 bits per heavy atom. The van der Waals surface area contributed by atoms with Crippen LogP contribution in [0.15, 0.2) is 12.2 Å². The summed E-state index contributed by atoms with van der Waals surface area (Å²) in [5, 5.41) is 8.28. The van der Waals surface area contributed by atoms with Gasteiger partial charge < -0.3 is 9.47 Å². The van der Waals surface area contributed by atoms with Crippen LogP contribution in [-0.4, -0.2) is 18.9 Å². The molecule has 0 amide bonds. The van der Waals surface area contributed by atoms with E-state index >= 15 is 0 Å². The van der Waals surface area contributed by atoms with Gasteiger partial charge in [0.15, 0.2) is 0 Å². The molecule has 0 aliphatic rings. The minimum absolute atomic E-state index is 0.256. The van der Waals surface area contributed by atoms with Crippen LogP contribution in [0.5, 0.6) is 0 Å². The Kier molecular flexibility index (Phi) is 5.57.